The van der Waals surface area contributed by atoms with Gasteiger partial charge in [0.05, 0.1) is 11.4 Å². The molecule has 1 aliphatic carbocycles. The van der Waals surface area contributed by atoms with Gasteiger partial charge in [0, 0.05) is 44.0 Å². The molecule has 5 heteroatoms. The highest BCUT2D eigenvalue weighted by atomic mass is 16.3. The van der Waals surface area contributed by atoms with E-state index in [0.29, 0.717) is 17.5 Å². The molecule has 0 aliphatic heterocycles. The van der Waals surface area contributed by atoms with E-state index < -0.39 is 0 Å². The van der Waals surface area contributed by atoms with Crippen molar-refractivity contribution in [2.75, 3.05) is 0 Å². The SMILES string of the molecule is CC1(C)c2cc3c(cc2-c2ccc(-c4cccc(-c5nc(-c6ccccc6)nc(-c6ccc7ccccc7c6)n5)c4)nc21)oc1ccccc13. The van der Waals surface area contributed by atoms with Crippen molar-refractivity contribution in [3.63, 3.8) is 0 Å². The Morgan fingerprint density at radius 2 is 1.12 bits per heavy atom. The summed E-state index contributed by atoms with van der Waals surface area (Å²) in [5.41, 5.74) is 10.9. The van der Waals surface area contributed by atoms with Gasteiger partial charge in [-0.1, -0.05) is 123 Å². The zero-order chi connectivity index (χ0) is 33.4. The van der Waals surface area contributed by atoms with Gasteiger partial charge in [-0.05, 0) is 58.3 Å². The topological polar surface area (TPSA) is 64.7 Å². The number of hydrogen-bond donors (Lipinski definition) is 0. The molecule has 0 saturated heterocycles. The third kappa shape index (κ3) is 4.47. The van der Waals surface area contributed by atoms with Crippen molar-refractivity contribution in [1.29, 1.82) is 0 Å². The summed E-state index contributed by atoms with van der Waals surface area (Å²) in [5.74, 6) is 1.89. The number of hydrogen-bond acceptors (Lipinski definition) is 5. The Morgan fingerprint density at radius 1 is 0.440 bits per heavy atom. The highest BCUT2D eigenvalue weighted by Crippen LogP contribution is 2.50. The van der Waals surface area contributed by atoms with Crippen molar-refractivity contribution in [1.82, 2.24) is 19.9 Å². The van der Waals surface area contributed by atoms with Gasteiger partial charge in [-0.3, -0.25) is 4.98 Å². The van der Waals surface area contributed by atoms with Crippen LogP contribution in [-0.4, -0.2) is 19.9 Å². The van der Waals surface area contributed by atoms with Crippen LogP contribution in [0.5, 0.6) is 0 Å². The first-order valence-electron chi connectivity index (χ1n) is 16.9. The van der Waals surface area contributed by atoms with Gasteiger partial charge >= 0.3 is 0 Å². The first-order chi connectivity index (χ1) is 24.5. The Labute approximate surface area is 289 Å². The van der Waals surface area contributed by atoms with E-state index >= 15 is 0 Å². The van der Waals surface area contributed by atoms with Gasteiger partial charge in [-0.2, -0.15) is 0 Å². The molecule has 0 saturated carbocycles. The molecule has 0 bridgehead atoms. The number of fused-ring (bicyclic) bond motifs is 7. The van der Waals surface area contributed by atoms with Crippen LogP contribution in [0.2, 0.25) is 0 Å². The summed E-state index contributed by atoms with van der Waals surface area (Å²) >= 11 is 0. The van der Waals surface area contributed by atoms with Crippen molar-refractivity contribution in [3.05, 3.63) is 157 Å². The van der Waals surface area contributed by atoms with Crippen LogP contribution in [0.15, 0.2) is 150 Å². The number of pyridine rings is 1. The van der Waals surface area contributed by atoms with E-state index in [9.17, 15) is 0 Å². The number of benzene rings is 6. The first-order valence-corrected chi connectivity index (χ1v) is 16.9. The van der Waals surface area contributed by atoms with E-state index in [1.54, 1.807) is 0 Å². The second-order valence-electron chi connectivity index (χ2n) is 13.5. The van der Waals surface area contributed by atoms with Gasteiger partial charge in [0.2, 0.25) is 0 Å². The van der Waals surface area contributed by atoms with E-state index in [-0.39, 0.29) is 5.41 Å². The van der Waals surface area contributed by atoms with Crippen LogP contribution in [0.4, 0.5) is 0 Å². The molecule has 1 aliphatic rings. The average molecular weight is 643 g/mol. The van der Waals surface area contributed by atoms with E-state index in [1.807, 2.05) is 42.5 Å². The summed E-state index contributed by atoms with van der Waals surface area (Å²) < 4.78 is 6.26. The van der Waals surface area contributed by atoms with Gasteiger partial charge < -0.3 is 4.42 Å². The van der Waals surface area contributed by atoms with Crippen LogP contribution in [0, 0.1) is 0 Å². The second-order valence-corrected chi connectivity index (χ2v) is 13.5. The van der Waals surface area contributed by atoms with Gasteiger partial charge in [0.25, 0.3) is 0 Å². The summed E-state index contributed by atoms with van der Waals surface area (Å²) in [7, 11) is 0. The van der Waals surface area contributed by atoms with Crippen LogP contribution in [0.1, 0.15) is 25.1 Å². The van der Waals surface area contributed by atoms with E-state index in [1.165, 1.54) is 16.5 Å². The number of rotatable bonds is 4. The van der Waals surface area contributed by atoms with Gasteiger partial charge in [0.15, 0.2) is 17.5 Å². The zero-order valence-corrected chi connectivity index (χ0v) is 27.6. The molecule has 0 N–H and O–H groups in total. The molecule has 5 nitrogen and oxygen atoms in total. The lowest BCUT2D eigenvalue weighted by Crippen LogP contribution is -2.17. The van der Waals surface area contributed by atoms with Crippen molar-refractivity contribution in [2.24, 2.45) is 0 Å². The van der Waals surface area contributed by atoms with Crippen LogP contribution < -0.4 is 0 Å². The third-order valence-corrected chi connectivity index (χ3v) is 10.1. The molecule has 0 fully saturated rings. The predicted octanol–water partition coefficient (Wildman–Crippen LogP) is 11.3. The number of furan rings is 1. The molecule has 0 amide bonds. The molecule has 3 heterocycles. The molecule has 50 heavy (non-hydrogen) atoms. The minimum absolute atomic E-state index is 0.279. The Kier molecular flexibility index (Phi) is 6.15. The largest absolute Gasteiger partial charge is 0.456 e. The summed E-state index contributed by atoms with van der Waals surface area (Å²) in [6.45, 7) is 4.53. The monoisotopic (exact) mass is 642 g/mol. The molecule has 9 aromatic rings. The van der Waals surface area contributed by atoms with Crippen molar-refractivity contribution < 1.29 is 4.42 Å². The van der Waals surface area contributed by atoms with Crippen molar-refractivity contribution in [3.8, 4) is 56.5 Å². The fourth-order valence-corrected chi connectivity index (χ4v) is 7.45. The lowest BCUT2D eigenvalue weighted by atomic mass is 9.84. The van der Waals surface area contributed by atoms with E-state index in [4.69, 9.17) is 24.4 Å². The smallest absolute Gasteiger partial charge is 0.164 e. The molecular formula is C45H30N4O. The van der Waals surface area contributed by atoms with Crippen LogP contribution in [0.3, 0.4) is 0 Å². The molecule has 3 aromatic heterocycles. The van der Waals surface area contributed by atoms with Crippen LogP contribution >= 0.6 is 0 Å². The zero-order valence-electron chi connectivity index (χ0n) is 27.6. The number of aromatic nitrogens is 4. The molecule has 0 spiro atoms. The normalized spacial score (nSPS) is 13.2. The third-order valence-electron chi connectivity index (χ3n) is 10.1. The molecular weight excluding hydrogens is 613 g/mol. The number of para-hydroxylation sites is 1. The fourth-order valence-electron chi connectivity index (χ4n) is 7.45. The molecule has 0 radical (unpaired) electrons. The first kappa shape index (κ1) is 28.5. The Balaban J connectivity index is 1.07. The van der Waals surface area contributed by atoms with Crippen LogP contribution in [-0.2, 0) is 5.41 Å². The lowest BCUT2D eigenvalue weighted by molar-refractivity contribution is 0.637. The van der Waals surface area contributed by atoms with Crippen molar-refractivity contribution >= 4 is 32.7 Å². The maximum absolute atomic E-state index is 6.26. The maximum Gasteiger partial charge on any atom is 0.164 e. The second kappa shape index (κ2) is 10.8. The van der Waals surface area contributed by atoms with Gasteiger partial charge in [-0.15, -0.1) is 0 Å². The summed E-state index contributed by atoms with van der Waals surface area (Å²) in [6.07, 6.45) is 0. The summed E-state index contributed by atoms with van der Waals surface area (Å²) in [6, 6.07) is 50.2. The lowest BCUT2D eigenvalue weighted by Gasteiger charge is -2.21. The minimum atomic E-state index is -0.279. The highest BCUT2D eigenvalue weighted by Gasteiger charge is 2.38. The average Bonchev–Trinajstić information content (AvgIpc) is 3.64. The molecule has 6 aromatic carbocycles. The maximum atomic E-state index is 6.26. The minimum Gasteiger partial charge on any atom is -0.456 e. The Hall–Kier alpha value is -6.46. The van der Waals surface area contributed by atoms with Crippen molar-refractivity contribution in [2.45, 2.75) is 19.3 Å². The molecule has 236 valence electrons. The molecule has 0 atom stereocenters. The quantitative estimate of drug-likeness (QED) is 0.191. The molecule has 0 unspecified atom stereocenters. The highest BCUT2D eigenvalue weighted by molar-refractivity contribution is 6.07. The standard InChI is InChI=1S/C45H30N4O/c1-45(2)37-25-36-33-17-8-9-18-39(33)50-40(36)26-35(37)34-21-22-38(46-41(34)45)30-15-10-16-31(24-30)43-47-42(28-12-4-3-5-13-28)48-44(49-43)32-20-19-27-11-6-7-14-29(27)23-32/h3-26H,1-2H3. The van der Waals surface area contributed by atoms with E-state index in [2.05, 4.69) is 117 Å². The molecule has 10 rings (SSSR count). The van der Waals surface area contributed by atoms with Gasteiger partial charge in [-0.25, -0.2) is 15.0 Å². The van der Waals surface area contributed by atoms with Gasteiger partial charge in [0.1, 0.15) is 11.2 Å². The summed E-state index contributed by atoms with van der Waals surface area (Å²) in [5, 5.41) is 4.60. The number of nitrogens with zero attached hydrogens (tertiary/aromatic N) is 4. The van der Waals surface area contributed by atoms with E-state index in [0.717, 1.165) is 66.5 Å². The summed E-state index contributed by atoms with van der Waals surface area (Å²) in [4.78, 5) is 20.3. The fraction of sp³-hybridized carbons (Fsp3) is 0.0667. The Bertz CT molecular complexity index is 2800. The predicted molar refractivity (Wildman–Crippen MR) is 202 cm³/mol. The Morgan fingerprint density at radius 3 is 1.96 bits per heavy atom. The van der Waals surface area contributed by atoms with Crippen LogP contribution in [0.25, 0.3) is 89.3 Å².